The topological polar surface area (TPSA) is 67.1 Å². The second kappa shape index (κ2) is 9.17. The lowest BCUT2D eigenvalue weighted by Crippen LogP contribution is -2.38. The molecule has 2 N–H and O–H groups in total. The van der Waals surface area contributed by atoms with Crippen LogP contribution in [0.3, 0.4) is 0 Å². The van der Waals surface area contributed by atoms with Crippen molar-refractivity contribution in [1.82, 2.24) is 25.2 Å². The predicted octanol–water partition coefficient (Wildman–Crippen LogP) is 2.62. The van der Waals surface area contributed by atoms with Crippen molar-refractivity contribution in [2.24, 2.45) is 4.99 Å². The van der Waals surface area contributed by atoms with Crippen molar-refractivity contribution < 1.29 is 8.78 Å². The first-order chi connectivity index (χ1) is 11.6. The molecule has 130 valence electrons. The quantitative estimate of drug-likeness (QED) is 0.454. The second-order valence-electron chi connectivity index (χ2n) is 4.89. The molecule has 0 unspecified atom stereocenters. The summed E-state index contributed by atoms with van der Waals surface area (Å²) in [6, 6.07) is 3.64. The first-order valence-electron chi connectivity index (χ1n) is 7.52. The Labute approximate surface area is 144 Å². The van der Waals surface area contributed by atoms with Gasteiger partial charge in [-0.3, -0.25) is 4.57 Å². The highest BCUT2D eigenvalue weighted by molar-refractivity contribution is 6.29. The summed E-state index contributed by atoms with van der Waals surface area (Å²) in [6.07, 6.45) is 5.03. The normalized spacial score (nSPS) is 11.8. The van der Waals surface area contributed by atoms with Crippen molar-refractivity contribution in [2.45, 2.75) is 26.4 Å². The van der Waals surface area contributed by atoms with Gasteiger partial charge in [0.2, 0.25) is 0 Å². The van der Waals surface area contributed by atoms with Crippen LogP contribution in [-0.2, 0) is 13.0 Å². The van der Waals surface area contributed by atoms with Gasteiger partial charge < -0.3 is 10.6 Å². The molecule has 0 atom stereocenters. The number of imidazole rings is 1. The second-order valence-corrected chi connectivity index (χ2v) is 5.28. The van der Waals surface area contributed by atoms with Crippen molar-refractivity contribution in [1.29, 1.82) is 0 Å². The van der Waals surface area contributed by atoms with Gasteiger partial charge >= 0.3 is 6.55 Å². The molecule has 0 spiro atoms. The van der Waals surface area contributed by atoms with Crippen LogP contribution in [0.15, 0.2) is 35.7 Å². The first kappa shape index (κ1) is 18.1. The Morgan fingerprint density at radius 3 is 2.83 bits per heavy atom. The Kier molecular flexibility index (Phi) is 6.92. The summed E-state index contributed by atoms with van der Waals surface area (Å²) in [5.41, 5.74) is 1.04. The van der Waals surface area contributed by atoms with Crippen LogP contribution in [0.25, 0.3) is 0 Å². The molecule has 0 saturated heterocycles. The van der Waals surface area contributed by atoms with E-state index in [4.69, 9.17) is 11.6 Å². The summed E-state index contributed by atoms with van der Waals surface area (Å²) in [6.45, 7) is 0.664. The Bertz CT molecular complexity index is 656. The lowest BCUT2D eigenvalue weighted by molar-refractivity contribution is 0.0671. The monoisotopic (exact) mass is 356 g/mol. The van der Waals surface area contributed by atoms with Crippen molar-refractivity contribution >= 4 is 17.6 Å². The Hall–Kier alpha value is -2.22. The van der Waals surface area contributed by atoms with E-state index in [0.717, 1.165) is 16.6 Å². The van der Waals surface area contributed by atoms with Gasteiger partial charge in [-0.25, -0.2) is 15.0 Å². The van der Waals surface area contributed by atoms with Gasteiger partial charge in [-0.05, 0) is 25.0 Å². The minimum Gasteiger partial charge on any atom is -0.357 e. The molecule has 0 amide bonds. The van der Waals surface area contributed by atoms with Crippen LogP contribution in [0.4, 0.5) is 8.78 Å². The molecule has 0 aromatic carbocycles. The van der Waals surface area contributed by atoms with Gasteiger partial charge in [0.15, 0.2) is 5.96 Å². The Morgan fingerprint density at radius 2 is 2.17 bits per heavy atom. The van der Waals surface area contributed by atoms with Crippen LogP contribution < -0.4 is 10.6 Å². The maximum atomic E-state index is 12.8. The van der Waals surface area contributed by atoms with E-state index in [1.807, 2.05) is 13.0 Å². The molecule has 0 saturated carbocycles. The molecule has 2 aromatic heterocycles. The van der Waals surface area contributed by atoms with E-state index < -0.39 is 6.55 Å². The van der Waals surface area contributed by atoms with Crippen molar-refractivity contribution in [3.05, 3.63) is 47.3 Å². The molecular weight excluding hydrogens is 338 g/mol. The van der Waals surface area contributed by atoms with Gasteiger partial charge in [0.1, 0.15) is 17.5 Å². The van der Waals surface area contributed by atoms with E-state index in [2.05, 4.69) is 25.6 Å². The lowest BCUT2D eigenvalue weighted by Gasteiger charge is -2.11. The Balaban J connectivity index is 1.90. The zero-order valence-electron chi connectivity index (χ0n) is 13.2. The Morgan fingerprint density at radius 1 is 1.33 bits per heavy atom. The third kappa shape index (κ3) is 5.45. The number of rotatable bonds is 7. The average Bonchev–Trinajstić information content (AvgIpc) is 3.03. The SMILES string of the molecule is CCNC(=NCc1nccn1C(F)F)NCCc1ccc(Cl)nc1. The molecule has 9 heteroatoms. The van der Waals surface area contributed by atoms with Crippen LogP contribution >= 0.6 is 11.6 Å². The molecule has 24 heavy (non-hydrogen) atoms. The largest absolute Gasteiger partial charge is 0.357 e. The highest BCUT2D eigenvalue weighted by Gasteiger charge is 2.10. The van der Waals surface area contributed by atoms with Gasteiger partial charge in [-0.1, -0.05) is 17.7 Å². The van der Waals surface area contributed by atoms with Gasteiger partial charge in [0.05, 0.1) is 0 Å². The molecule has 0 aliphatic rings. The van der Waals surface area contributed by atoms with Crippen LogP contribution in [0.1, 0.15) is 24.9 Å². The number of alkyl halides is 2. The van der Waals surface area contributed by atoms with Crippen LogP contribution in [0.2, 0.25) is 5.15 Å². The van der Waals surface area contributed by atoms with E-state index in [1.165, 1.54) is 12.4 Å². The predicted molar refractivity (Wildman–Crippen MR) is 89.2 cm³/mol. The molecule has 0 fully saturated rings. The van der Waals surface area contributed by atoms with Crippen LogP contribution in [0.5, 0.6) is 0 Å². The fraction of sp³-hybridized carbons (Fsp3) is 0.400. The highest BCUT2D eigenvalue weighted by atomic mass is 35.5. The third-order valence-electron chi connectivity index (χ3n) is 3.18. The van der Waals surface area contributed by atoms with E-state index in [0.29, 0.717) is 24.2 Å². The zero-order valence-corrected chi connectivity index (χ0v) is 14.0. The molecule has 0 aliphatic carbocycles. The highest BCUT2D eigenvalue weighted by Crippen LogP contribution is 2.12. The standard InChI is InChI=1S/C15H19ClF2N6/c1-2-19-15(21-6-5-11-3-4-12(16)22-9-11)23-10-13-20-7-8-24(13)14(17)18/h3-4,7-9,14H,2,5-6,10H2,1H3,(H2,19,21,23). The van der Waals surface area contributed by atoms with E-state index in [9.17, 15) is 8.78 Å². The molecule has 0 radical (unpaired) electrons. The average molecular weight is 357 g/mol. The number of nitrogens with zero attached hydrogens (tertiary/aromatic N) is 4. The molecule has 2 aromatic rings. The summed E-state index contributed by atoms with van der Waals surface area (Å²) in [7, 11) is 0. The summed E-state index contributed by atoms with van der Waals surface area (Å²) >= 11 is 5.75. The molecule has 2 heterocycles. The number of halogens is 3. The van der Waals surface area contributed by atoms with E-state index in [-0.39, 0.29) is 12.4 Å². The number of hydrogen-bond donors (Lipinski definition) is 2. The summed E-state index contributed by atoms with van der Waals surface area (Å²) < 4.78 is 26.4. The minimum absolute atomic E-state index is 0.0647. The summed E-state index contributed by atoms with van der Waals surface area (Å²) in [5.74, 6) is 0.757. The van der Waals surface area contributed by atoms with Gasteiger partial charge in [-0.2, -0.15) is 8.78 Å². The molecule has 0 bridgehead atoms. The number of aromatic nitrogens is 3. The van der Waals surface area contributed by atoms with E-state index in [1.54, 1.807) is 12.3 Å². The van der Waals surface area contributed by atoms with Crippen molar-refractivity contribution in [3.8, 4) is 0 Å². The number of guanidine groups is 1. The minimum atomic E-state index is -2.62. The van der Waals surface area contributed by atoms with Crippen LogP contribution in [0, 0.1) is 0 Å². The fourth-order valence-corrected chi connectivity index (χ4v) is 2.13. The smallest absolute Gasteiger partial charge is 0.319 e. The zero-order chi connectivity index (χ0) is 17.4. The first-order valence-corrected chi connectivity index (χ1v) is 7.90. The molecule has 0 aliphatic heterocycles. The van der Waals surface area contributed by atoms with Gasteiger partial charge in [-0.15, -0.1) is 0 Å². The maximum Gasteiger partial charge on any atom is 0.319 e. The third-order valence-corrected chi connectivity index (χ3v) is 3.40. The van der Waals surface area contributed by atoms with Gasteiger partial charge in [0, 0.05) is 31.7 Å². The van der Waals surface area contributed by atoms with Crippen LogP contribution in [-0.4, -0.2) is 33.6 Å². The van der Waals surface area contributed by atoms with Gasteiger partial charge in [0.25, 0.3) is 0 Å². The van der Waals surface area contributed by atoms with Crippen molar-refractivity contribution in [2.75, 3.05) is 13.1 Å². The number of aliphatic imine (C=N–C) groups is 1. The maximum absolute atomic E-state index is 12.8. The number of nitrogens with one attached hydrogen (secondary N) is 2. The molecule has 6 nitrogen and oxygen atoms in total. The fourth-order valence-electron chi connectivity index (χ4n) is 2.02. The lowest BCUT2D eigenvalue weighted by atomic mass is 10.2. The summed E-state index contributed by atoms with van der Waals surface area (Å²) in [5, 5.41) is 6.67. The number of hydrogen-bond acceptors (Lipinski definition) is 3. The molecule has 2 rings (SSSR count). The number of pyridine rings is 1. The molecular formula is C15H19ClF2N6. The van der Waals surface area contributed by atoms with Crippen molar-refractivity contribution in [3.63, 3.8) is 0 Å². The van der Waals surface area contributed by atoms with E-state index >= 15 is 0 Å². The summed E-state index contributed by atoms with van der Waals surface area (Å²) in [4.78, 5) is 12.2.